The van der Waals surface area contributed by atoms with E-state index in [1.807, 2.05) is 36.4 Å². The predicted octanol–water partition coefficient (Wildman–Crippen LogP) is 3.72. The lowest BCUT2D eigenvalue weighted by Gasteiger charge is -2.27. The van der Waals surface area contributed by atoms with Gasteiger partial charge < -0.3 is 5.32 Å². The van der Waals surface area contributed by atoms with Crippen molar-refractivity contribution in [3.8, 4) is 0 Å². The second-order valence-corrected chi connectivity index (χ2v) is 5.84. The highest BCUT2D eigenvalue weighted by molar-refractivity contribution is 6.01. The zero-order chi connectivity index (χ0) is 16.1. The van der Waals surface area contributed by atoms with Gasteiger partial charge in [0.15, 0.2) is 0 Å². The van der Waals surface area contributed by atoms with Gasteiger partial charge in [0.05, 0.1) is 0 Å². The van der Waals surface area contributed by atoms with Crippen LogP contribution in [0.1, 0.15) is 23.6 Å². The number of hydrogen-bond acceptors (Lipinski definition) is 2. The first-order chi connectivity index (χ1) is 11.2. The van der Waals surface area contributed by atoms with Gasteiger partial charge in [0.25, 0.3) is 0 Å². The predicted molar refractivity (Wildman–Crippen MR) is 95.2 cm³/mol. The second-order valence-electron chi connectivity index (χ2n) is 5.84. The molecule has 0 saturated carbocycles. The highest BCUT2D eigenvalue weighted by atomic mass is 16.1. The quantitative estimate of drug-likeness (QED) is 0.873. The summed E-state index contributed by atoms with van der Waals surface area (Å²) in [6, 6.07) is 16.0. The van der Waals surface area contributed by atoms with Gasteiger partial charge in [0.1, 0.15) is 0 Å². The Labute approximate surface area is 137 Å². The number of nitrogens with one attached hydrogen (secondary N) is 1. The van der Waals surface area contributed by atoms with Crippen LogP contribution < -0.4 is 5.32 Å². The molecule has 0 spiro atoms. The molecule has 118 valence electrons. The van der Waals surface area contributed by atoms with Crippen LogP contribution in [0.15, 0.2) is 54.6 Å². The van der Waals surface area contributed by atoms with Gasteiger partial charge in [-0.25, -0.2) is 0 Å². The number of carbonyl (C=O) groups excluding carboxylic acids is 1. The van der Waals surface area contributed by atoms with Crippen molar-refractivity contribution in [2.75, 3.05) is 18.4 Å². The first kappa shape index (κ1) is 15.5. The molecule has 0 aliphatic carbocycles. The molecular formula is C20H22N2O. The van der Waals surface area contributed by atoms with E-state index in [2.05, 4.69) is 35.3 Å². The monoisotopic (exact) mass is 306 g/mol. The van der Waals surface area contributed by atoms with Crippen molar-refractivity contribution in [1.82, 2.24) is 4.90 Å². The summed E-state index contributed by atoms with van der Waals surface area (Å²) in [5, 5.41) is 2.86. The zero-order valence-electron chi connectivity index (χ0n) is 13.5. The number of benzene rings is 2. The average Bonchev–Trinajstić information content (AvgIpc) is 2.60. The summed E-state index contributed by atoms with van der Waals surface area (Å²) >= 11 is 0. The van der Waals surface area contributed by atoms with E-state index in [0.29, 0.717) is 0 Å². The molecule has 1 aliphatic rings. The van der Waals surface area contributed by atoms with Crippen LogP contribution in [0.2, 0.25) is 0 Å². The number of nitrogens with zero attached hydrogens (tertiary/aromatic N) is 1. The molecule has 1 heterocycles. The minimum Gasteiger partial charge on any atom is -0.323 e. The Kier molecular flexibility index (Phi) is 4.89. The fraction of sp³-hybridized carbons (Fsp3) is 0.250. The van der Waals surface area contributed by atoms with Gasteiger partial charge in [0, 0.05) is 24.9 Å². The lowest BCUT2D eigenvalue weighted by atomic mass is 9.97. The third-order valence-corrected chi connectivity index (χ3v) is 4.24. The molecule has 3 rings (SSSR count). The molecule has 0 fully saturated rings. The summed E-state index contributed by atoms with van der Waals surface area (Å²) < 4.78 is 0. The number of carbonyl (C=O) groups is 1. The van der Waals surface area contributed by atoms with Crippen molar-refractivity contribution in [3.63, 3.8) is 0 Å². The number of rotatable bonds is 4. The first-order valence-electron chi connectivity index (χ1n) is 8.13. The van der Waals surface area contributed by atoms with E-state index in [9.17, 15) is 4.79 Å². The van der Waals surface area contributed by atoms with E-state index in [-0.39, 0.29) is 5.91 Å². The standard InChI is InChI=1S/C20H22N2O/c1-2-22-13-12-17-10-8-16(14-18(17)15-22)9-11-20(23)21-19-6-4-3-5-7-19/h3-11,14H,2,12-13,15H2,1H3,(H,21,23)/b11-9+. The van der Waals surface area contributed by atoms with Crippen LogP contribution in [0.25, 0.3) is 6.08 Å². The third kappa shape index (κ3) is 4.08. The van der Waals surface area contributed by atoms with Crippen LogP contribution in [-0.4, -0.2) is 23.9 Å². The van der Waals surface area contributed by atoms with Crippen molar-refractivity contribution in [2.45, 2.75) is 19.9 Å². The largest absolute Gasteiger partial charge is 0.323 e. The Balaban J connectivity index is 1.67. The molecule has 0 atom stereocenters. The fourth-order valence-electron chi connectivity index (χ4n) is 2.89. The molecule has 3 heteroatoms. The molecule has 0 aromatic heterocycles. The Bertz CT molecular complexity index is 707. The van der Waals surface area contributed by atoms with Crippen LogP contribution in [0.5, 0.6) is 0 Å². The number of para-hydroxylation sites is 1. The molecule has 1 amide bonds. The Morgan fingerprint density at radius 3 is 2.78 bits per heavy atom. The molecule has 0 saturated heterocycles. The number of likely N-dealkylation sites (N-methyl/N-ethyl adjacent to an activating group) is 1. The Morgan fingerprint density at radius 1 is 1.17 bits per heavy atom. The van der Waals surface area contributed by atoms with Crippen molar-refractivity contribution in [3.05, 3.63) is 71.3 Å². The fourth-order valence-corrected chi connectivity index (χ4v) is 2.89. The topological polar surface area (TPSA) is 32.3 Å². The first-order valence-corrected chi connectivity index (χ1v) is 8.13. The van der Waals surface area contributed by atoms with E-state index in [1.54, 1.807) is 6.08 Å². The van der Waals surface area contributed by atoms with E-state index in [0.717, 1.165) is 37.3 Å². The van der Waals surface area contributed by atoms with Gasteiger partial charge in [-0.15, -0.1) is 0 Å². The van der Waals surface area contributed by atoms with Crippen LogP contribution in [0, 0.1) is 0 Å². The summed E-state index contributed by atoms with van der Waals surface area (Å²) in [5.74, 6) is -0.107. The lowest BCUT2D eigenvalue weighted by Crippen LogP contribution is -2.30. The summed E-state index contributed by atoms with van der Waals surface area (Å²) in [6.45, 7) is 5.42. The summed E-state index contributed by atoms with van der Waals surface area (Å²) in [7, 11) is 0. The normalized spacial score (nSPS) is 14.7. The van der Waals surface area contributed by atoms with Crippen molar-refractivity contribution >= 4 is 17.7 Å². The Hall–Kier alpha value is -2.39. The van der Waals surface area contributed by atoms with Gasteiger partial charge in [-0.2, -0.15) is 0 Å². The van der Waals surface area contributed by atoms with E-state index >= 15 is 0 Å². The van der Waals surface area contributed by atoms with E-state index in [1.165, 1.54) is 11.1 Å². The minimum atomic E-state index is -0.107. The summed E-state index contributed by atoms with van der Waals surface area (Å²) in [4.78, 5) is 14.4. The maximum atomic E-state index is 12.0. The summed E-state index contributed by atoms with van der Waals surface area (Å²) in [6.07, 6.45) is 4.58. The van der Waals surface area contributed by atoms with Crippen molar-refractivity contribution < 1.29 is 4.79 Å². The second kappa shape index (κ2) is 7.25. The molecule has 0 unspecified atom stereocenters. The molecule has 3 nitrogen and oxygen atoms in total. The molecular weight excluding hydrogens is 284 g/mol. The molecule has 0 bridgehead atoms. The van der Waals surface area contributed by atoms with Crippen LogP contribution >= 0.6 is 0 Å². The van der Waals surface area contributed by atoms with E-state index < -0.39 is 0 Å². The number of hydrogen-bond donors (Lipinski definition) is 1. The molecule has 1 aliphatic heterocycles. The SMILES string of the molecule is CCN1CCc2ccc(/C=C/C(=O)Nc3ccccc3)cc2C1. The number of anilines is 1. The van der Waals surface area contributed by atoms with Gasteiger partial charge in [-0.05, 0) is 47.9 Å². The number of fused-ring (bicyclic) bond motifs is 1. The smallest absolute Gasteiger partial charge is 0.248 e. The van der Waals surface area contributed by atoms with Gasteiger partial charge in [-0.1, -0.05) is 43.3 Å². The average molecular weight is 306 g/mol. The molecule has 0 radical (unpaired) electrons. The van der Waals surface area contributed by atoms with Crippen LogP contribution in [0.3, 0.4) is 0 Å². The van der Waals surface area contributed by atoms with Crippen LogP contribution in [0.4, 0.5) is 5.69 Å². The highest BCUT2D eigenvalue weighted by Gasteiger charge is 2.14. The minimum absolute atomic E-state index is 0.107. The van der Waals surface area contributed by atoms with Gasteiger partial charge in [0.2, 0.25) is 5.91 Å². The Morgan fingerprint density at radius 2 is 2.00 bits per heavy atom. The van der Waals surface area contributed by atoms with Gasteiger partial charge >= 0.3 is 0 Å². The lowest BCUT2D eigenvalue weighted by molar-refractivity contribution is -0.111. The van der Waals surface area contributed by atoms with Gasteiger partial charge in [-0.3, -0.25) is 9.69 Å². The van der Waals surface area contributed by atoms with E-state index in [4.69, 9.17) is 0 Å². The maximum absolute atomic E-state index is 12.0. The third-order valence-electron chi connectivity index (χ3n) is 4.24. The maximum Gasteiger partial charge on any atom is 0.248 e. The molecule has 1 N–H and O–H groups in total. The zero-order valence-corrected chi connectivity index (χ0v) is 13.5. The summed E-state index contributed by atoms with van der Waals surface area (Å²) in [5.41, 5.74) is 4.69. The number of amides is 1. The molecule has 2 aromatic carbocycles. The van der Waals surface area contributed by atoms with Crippen molar-refractivity contribution in [2.24, 2.45) is 0 Å². The van der Waals surface area contributed by atoms with Crippen LogP contribution in [-0.2, 0) is 17.8 Å². The molecule has 23 heavy (non-hydrogen) atoms. The van der Waals surface area contributed by atoms with Crippen molar-refractivity contribution in [1.29, 1.82) is 0 Å². The molecule has 2 aromatic rings. The highest BCUT2D eigenvalue weighted by Crippen LogP contribution is 2.20.